The Morgan fingerprint density at radius 2 is 1.85 bits per heavy atom. The third-order valence-corrected chi connectivity index (χ3v) is 3.60. The number of benzene rings is 2. The minimum atomic E-state index is -0.144. The average molecular weight is 372 g/mol. The Balaban J connectivity index is 2.47. The number of oxime groups is 1. The van der Waals surface area contributed by atoms with Gasteiger partial charge in [0.25, 0.3) is 0 Å². The van der Waals surface area contributed by atoms with Crippen LogP contribution in [-0.4, -0.2) is 29.4 Å². The highest BCUT2D eigenvalue weighted by Crippen LogP contribution is 2.32. The number of nitrogens with two attached hydrogens (primary N) is 1. The summed E-state index contributed by atoms with van der Waals surface area (Å²) >= 11 is 0. The van der Waals surface area contributed by atoms with Crippen LogP contribution >= 0.6 is 9.24 Å². The van der Waals surface area contributed by atoms with Gasteiger partial charge in [-0.15, -0.1) is 0 Å². The zero-order chi connectivity index (χ0) is 19.1. The maximum absolute atomic E-state index is 9.04. The number of aliphatic imine (C=N–C) groups is 1. The predicted molar refractivity (Wildman–Crippen MR) is 106 cm³/mol. The topological polar surface area (TPSA) is 113 Å². The largest absolute Gasteiger partial charge is 0.493 e. The highest BCUT2D eigenvalue weighted by molar-refractivity contribution is 7.40. The molecule has 1 atom stereocenters. The van der Waals surface area contributed by atoms with E-state index < -0.39 is 0 Å². The molecule has 7 nitrogen and oxygen atoms in total. The van der Waals surface area contributed by atoms with Crippen LogP contribution in [0.4, 0.5) is 0 Å². The molecular weight excluding hydrogens is 351 g/mol. The molecule has 0 aliphatic carbocycles. The first-order chi connectivity index (χ1) is 12.5. The SMILES string of the molecule is COc1cc(/C(N)=N/O)c(C(=N)/N=C(/C)P)cc1OCc1ccccc1. The van der Waals surface area contributed by atoms with Crippen molar-refractivity contribution in [3.63, 3.8) is 0 Å². The van der Waals surface area contributed by atoms with Gasteiger partial charge in [0.1, 0.15) is 6.61 Å². The standard InChI is InChI=1S/C18H21N4O3P/c1-11(26)21-17(19)13-9-16(25-10-12-6-4-3-5-7-12)15(24-2)8-14(13)18(20)22-23/h3-9,19,23H,10,26H2,1-2H3,(H2,20,22)/b19-17?,21-11-. The summed E-state index contributed by atoms with van der Waals surface area (Å²) in [4.78, 5) is 4.11. The van der Waals surface area contributed by atoms with Crippen LogP contribution in [0.25, 0.3) is 0 Å². The lowest BCUT2D eigenvalue weighted by Crippen LogP contribution is -2.18. The average Bonchev–Trinajstić information content (AvgIpc) is 2.65. The van der Waals surface area contributed by atoms with Gasteiger partial charge in [-0.25, -0.2) is 4.99 Å². The van der Waals surface area contributed by atoms with Gasteiger partial charge in [0, 0.05) is 16.6 Å². The first-order valence-corrected chi connectivity index (χ1v) is 8.30. The molecule has 0 aromatic heterocycles. The zero-order valence-electron chi connectivity index (χ0n) is 14.6. The molecule has 2 aromatic carbocycles. The van der Waals surface area contributed by atoms with Crippen molar-refractivity contribution in [1.29, 1.82) is 5.41 Å². The summed E-state index contributed by atoms with van der Waals surface area (Å²) in [6.45, 7) is 2.08. The number of nitrogens with one attached hydrogen (secondary N) is 1. The van der Waals surface area contributed by atoms with Gasteiger partial charge in [-0.3, -0.25) is 5.41 Å². The van der Waals surface area contributed by atoms with Crippen molar-refractivity contribution in [2.45, 2.75) is 13.5 Å². The molecule has 2 aromatic rings. The second kappa shape index (κ2) is 8.97. The van der Waals surface area contributed by atoms with Gasteiger partial charge in [-0.1, -0.05) is 44.7 Å². The fourth-order valence-electron chi connectivity index (χ4n) is 2.27. The molecule has 0 aliphatic heterocycles. The molecule has 0 saturated carbocycles. The molecule has 4 N–H and O–H groups in total. The lowest BCUT2D eigenvalue weighted by molar-refractivity contribution is 0.284. The molecule has 0 saturated heterocycles. The number of methoxy groups -OCH3 is 1. The number of ether oxygens (including phenoxy) is 2. The van der Waals surface area contributed by atoms with Crippen molar-refractivity contribution in [3.05, 3.63) is 59.2 Å². The van der Waals surface area contributed by atoms with E-state index >= 15 is 0 Å². The third kappa shape index (κ3) is 4.80. The molecular formula is C18H21N4O3P. The lowest BCUT2D eigenvalue weighted by Gasteiger charge is -2.15. The van der Waals surface area contributed by atoms with Crippen LogP contribution in [0.15, 0.2) is 52.6 Å². The maximum atomic E-state index is 9.04. The molecule has 136 valence electrons. The van der Waals surface area contributed by atoms with Crippen LogP contribution in [0.3, 0.4) is 0 Å². The molecule has 0 heterocycles. The number of hydrogen-bond acceptors (Lipinski definition) is 5. The summed E-state index contributed by atoms with van der Waals surface area (Å²) in [6, 6.07) is 12.8. The first kappa shape index (κ1) is 19.4. The normalized spacial score (nSPS) is 12.0. The summed E-state index contributed by atoms with van der Waals surface area (Å²) in [5.41, 5.74) is 8.07. The molecule has 26 heavy (non-hydrogen) atoms. The second-order valence-electron chi connectivity index (χ2n) is 5.41. The Labute approximate surface area is 154 Å². The molecule has 0 amide bonds. The van der Waals surface area contributed by atoms with Gasteiger partial charge in [0.15, 0.2) is 23.2 Å². The van der Waals surface area contributed by atoms with Crippen LogP contribution in [0.2, 0.25) is 0 Å². The number of amidine groups is 2. The van der Waals surface area contributed by atoms with Crippen molar-refractivity contribution in [3.8, 4) is 11.5 Å². The molecule has 2 rings (SSSR count). The van der Waals surface area contributed by atoms with E-state index in [4.69, 9.17) is 25.8 Å². The van der Waals surface area contributed by atoms with E-state index in [-0.39, 0.29) is 11.7 Å². The fourth-order valence-corrected chi connectivity index (χ4v) is 2.39. The van der Waals surface area contributed by atoms with Gasteiger partial charge in [-0.2, -0.15) is 0 Å². The Kier molecular flexibility index (Phi) is 6.69. The summed E-state index contributed by atoms with van der Waals surface area (Å²) in [6.07, 6.45) is 0. The van der Waals surface area contributed by atoms with Crippen molar-refractivity contribution >= 4 is 26.4 Å². The Bertz CT molecular complexity index is 847. The Hall–Kier alpha value is -2.92. The molecule has 0 aliphatic rings. The quantitative estimate of drug-likeness (QED) is 0.238. The summed E-state index contributed by atoms with van der Waals surface area (Å²) < 4.78 is 11.2. The molecule has 0 radical (unpaired) electrons. The van der Waals surface area contributed by atoms with Crippen LogP contribution in [0, 0.1) is 5.41 Å². The Morgan fingerprint density at radius 1 is 1.19 bits per heavy atom. The third-order valence-electron chi connectivity index (χ3n) is 3.47. The monoisotopic (exact) mass is 372 g/mol. The highest BCUT2D eigenvalue weighted by Gasteiger charge is 2.18. The van der Waals surface area contributed by atoms with E-state index in [9.17, 15) is 0 Å². The van der Waals surface area contributed by atoms with Crippen LogP contribution in [-0.2, 0) is 6.61 Å². The lowest BCUT2D eigenvalue weighted by atomic mass is 10.0. The van der Waals surface area contributed by atoms with Crippen LogP contribution in [0.1, 0.15) is 23.6 Å². The predicted octanol–water partition coefficient (Wildman–Crippen LogP) is 2.99. The van der Waals surface area contributed by atoms with Gasteiger partial charge in [0.2, 0.25) is 0 Å². The van der Waals surface area contributed by atoms with Crippen molar-refractivity contribution < 1.29 is 14.7 Å². The van der Waals surface area contributed by atoms with Crippen molar-refractivity contribution in [2.24, 2.45) is 15.9 Å². The zero-order valence-corrected chi connectivity index (χ0v) is 15.7. The van der Waals surface area contributed by atoms with E-state index in [0.717, 1.165) is 5.56 Å². The minimum Gasteiger partial charge on any atom is -0.493 e. The number of hydrogen-bond donors (Lipinski definition) is 3. The maximum Gasteiger partial charge on any atom is 0.170 e. The second-order valence-corrected chi connectivity index (χ2v) is 6.25. The van der Waals surface area contributed by atoms with Crippen molar-refractivity contribution in [1.82, 2.24) is 0 Å². The van der Waals surface area contributed by atoms with Crippen LogP contribution in [0.5, 0.6) is 11.5 Å². The van der Waals surface area contributed by atoms with Crippen LogP contribution < -0.4 is 15.2 Å². The summed E-state index contributed by atoms with van der Waals surface area (Å²) in [5.74, 6) is 0.661. The summed E-state index contributed by atoms with van der Waals surface area (Å²) in [5, 5.41) is 20.3. The van der Waals surface area contributed by atoms with E-state index in [2.05, 4.69) is 19.4 Å². The van der Waals surface area contributed by atoms with Gasteiger partial charge >= 0.3 is 0 Å². The molecule has 0 bridgehead atoms. The Morgan fingerprint density at radius 3 is 2.42 bits per heavy atom. The van der Waals surface area contributed by atoms with Gasteiger partial charge < -0.3 is 20.4 Å². The summed E-state index contributed by atoms with van der Waals surface area (Å²) in [7, 11) is 3.91. The molecule has 1 unspecified atom stereocenters. The molecule has 8 heteroatoms. The smallest absolute Gasteiger partial charge is 0.170 e. The van der Waals surface area contributed by atoms with E-state index in [1.54, 1.807) is 19.1 Å². The van der Waals surface area contributed by atoms with E-state index in [0.29, 0.717) is 34.7 Å². The van der Waals surface area contributed by atoms with Gasteiger partial charge in [0.05, 0.1) is 7.11 Å². The van der Waals surface area contributed by atoms with E-state index in [1.165, 1.54) is 7.11 Å². The number of rotatable bonds is 6. The first-order valence-electron chi connectivity index (χ1n) is 7.72. The molecule has 0 spiro atoms. The minimum absolute atomic E-state index is 0.0358. The fraction of sp³-hybridized carbons (Fsp3) is 0.167. The van der Waals surface area contributed by atoms with Gasteiger partial charge in [-0.05, 0) is 24.6 Å². The van der Waals surface area contributed by atoms with E-state index in [1.807, 2.05) is 30.3 Å². The van der Waals surface area contributed by atoms with Crippen molar-refractivity contribution in [2.75, 3.05) is 7.11 Å². The molecule has 0 fully saturated rings. The number of nitrogens with zero attached hydrogens (tertiary/aromatic N) is 2. The highest BCUT2D eigenvalue weighted by atomic mass is 31.0.